The molecule has 0 fully saturated rings. The summed E-state index contributed by atoms with van der Waals surface area (Å²) in [7, 11) is -3.19. The predicted molar refractivity (Wildman–Crippen MR) is 64.6 cm³/mol. The zero-order valence-corrected chi connectivity index (χ0v) is 11.1. The first kappa shape index (κ1) is 15.4. The first-order valence-electron chi connectivity index (χ1n) is 5.71. The summed E-state index contributed by atoms with van der Waals surface area (Å²) < 4.78 is 25.0. The Labute approximate surface area is 98.3 Å². The molecule has 96 valence electrons. The fourth-order valence-electron chi connectivity index (χ4n) is 1.39. The molecule has 0 aromatic heterocycles. The van der Waals surface area contributed by atoms with Crippen LogP contribution in [0, 0.1) is 0 Å². The number of nitrogens with one attached hydrogen (secondary N) is 1. The maximum atomic E-state index is 11.5. The van der Waals surface area contributed by atoms with Gasteiger partial charge in [0.2, 0.25) is 15.9 Å². The fourth-order valence-corrected chi connectivity index (χ4v) is 2.48. The van der Waals surface area contributed by atoms with Crippen molar-refractivity contribution in [3.8, 4) is 0 Å². The molecule has 0 rings (SSSR count). The summed E-state index contributed by atoms with van der Waals surface area (Å²) >= 11 is 0. The number of nitrogens with zero attached hydrogens (tertiary/aromatic N) is 1. The van der Waals surface area contributed by atoms with E-state index in [0.29, 0.717) is 19.5 Å². The van der Waals surface area contributed by atoms with Crippen molar-refractivity contribution in [2.75, 3.05) is 25.4 Å². The quantitative estimate of drug-likeness (QED) is 0.685. The summed E-state index contributed by atoms with van der Waals surface area (Å²) in [5, 5.41) is 0. The third kappa shape index (κ3) is 6.07. The van der Waals surface area contributed by atoms with Gasteiger partial charge in [-0.25, -0.2) is 13.1 Å². The van der Waals surface area contributed by atoms with Crippen LogP contribution in [0.5, 0.6) is 0 Å². The molecule has 0 heterocycles. The van der Waals surface area contributed by atoms with E-state index in [1.807, 2.05) is 13.8 Å². The molecule has 1 N–H and O–H groups in total. The van der Waals surface area contributed by atoms with Gasteiger partial charge in [-0.05, 0) is 20.3 Å². The molecule has 0 aliphatic carbocycles. The van der Waals surface area contributed by atoms with E-state index in [4.69, 9.17) is 0 Å². The number of carbonyl (C=O) groups is 1. The molecular formula is C10H22N2O3S. The van der Waals surface area contributed by atoms with Crippen molar-refractivity contribution < 1.29 is 13.2 Å². The van der Waals surface area contributed by atoms with E-state index in [2.05, 4.69) is 4.72 Å². The van der Waals surface area contributed by atoms with Crippen LogP contribution in [0.4, 0.5) is 0 Å². The van der Waals surface area contributed by atoms with Gasteiger partial charge in [-0.2, -0.15) is 0 Å². The summed E-state index contributed by atoms with van der Waals surface area (Å²) in [6.45, 7) is 7.14. The van der Waals surface area contributed by atoms with Crippen LogP contribution < -0.4 is 4.72 Å². The molecule has 0 bridgehead atoms. The minimum atomic E-state index is -3.19. The molecular weight excluding hydrogens is 228 g/mol. The topological polar surface area (TPSA) is 66.5 Å². The van der Waals surface area contributed by atoms with Gasteiger partial charge in [-0.1, -0.05) is 6.92 Å². The van der Waals surface area contributed by atoms with Gasteiger partial charge in [0.25, 0.3) is 0 Å². The summed E-state index contributed by atoms with van der Waals surface area (Å²) in [5.74, 6) is 0.108. The average molecular weight is 250 g/mol. The van der Waals surface area contributed by atoms with Crippen molar-refractivity contribution >= 4 is 15.9 Å². The molecule has 16 heavy (non-hydrogen) atoms. The Kier molecular flexibility index (Phi) is 7.33. The van der Waals surface area contributed by atoms with Crippen molar-refractivity contribution in [2.24, 2.45) is 0 Å². The molecule has 0 radical (unpaired) electrons. The standard InChI is InChI=1S/C10H22N2O3S/c1-4-9-16(14,15)11-8-7-10(13)12(5-2)6-3/h11H,4-9H2,1-3H3. The molecule has 0 spiro atoms. The Hall–Kier alpha value is -0.620. The highest BCUT2D eigenvalue weighted by atomic mass is 32.2. The molecule has 0 unspecified atom stereocenters. The lowest BCUT2D eigenvalue weighted by atomic mass is 10.3. The van der Waals surface area contributed by atoms with Gasteiger partial charge in [0.15, 0.2) is 0 Å². The summed E-state index contributed by atoms with van der Waals surface area (Å²) in [5.41, 5.74) is 0. The third-order valence-corrected chi connectivity index (χ3v) is 3.84. The molecule has 0 saturated heterocycles. The van der Waals surface area contributed by atoms with E-state index in [-0.39, 0.29) is 24.6 Å². The summed E-state index contributed by atoms with van der Waals surface area (Å²) in [4.78, 5) is 13.2. The highest BCUT2D eigenvalue weighted by Gasteiger charge is 2.12. The molecule has 0 atom stereocenters. The number of rotatable bonds is 8. The normalized spacial score (nSPS) is 11.4. The Morgan fingerprint density at radius 2 is 1.75 bits per heavy atom. The second-order valence-electron chi connectivity index (χ2n) is 3.53. The van der Waals surface area contributed by atoms with Crippen LogP contribution in [0.25, 0.3) is 0 Å². The first-order valence-corrected chi connectivity index (χ1v) is 7.37. The SMILES string of the molecule is CCCS(=O)(=O)NCCC(=O)N(CC)CC. The number of sulfonamides is 1. The molecule has 0 aliphatic heterocycles. The zero-order chi connectivity index (χ0) is 12.6. The third-order valence-electron chi connectivity index (χ3n) is 2.25. The monoisotopic (exact) mass is 250 g/mol. The van der Waals surface area contributed by atoms with E-state index < -0.39 is 10.0 Å². The van der Waals surface area contributed by atoms with E-state index in [9.17, 15) is 13.2 Å². The van der Waals surface area contributed by atoms with Crippen molar-refractivity contribution in [1.29, 1.82) is 0 Å². The van der Waals surface area contributed by atoms with E-state index in [0.717, 1.165) is 0 Å². The number of carbonyl (C=O) groups excluding carboxylic acids is 1. The Balaban J connectivity index is 3.94. The number of amides is 1. The van der Waals surface area contributed by atoms with Crippen LogP contribution in [-0.2, 0) is 14.8 Å². The Morgan fingerprint density at radius 3 is 2.19 bits per heavy atom. The molecule has 0 saturated carbocycles. The van der Waals surface area contributed by atoms with Crippen molar-refractivity contribution in [1.82, 2.24) is 9.62 Å². The van der Waals surface area contributed by atoms with Gasteiger partial charge >= 0.3 is 0 Å². The maximum Gasteiger partial charge on any atom is 0.223 e. The van der Waals surface area contributed by atoms with Crippen LogP contribution in [0.2, 0.25) is 0 Å². The van der Waals surface area contributed by atoms with Crippen LogP contribution in [0.3, 0.4) is 0 Å². The summed E-state index contributed by atoms with van der Waals surface area (Å²) in [6.07, 6.45) is 0.809. The first-order chi connectivity index (χ1) is 7.46. The Bertz CT molecular complexity index is 297. The Morgan fingerprint density at radius 1 is 1.19 bits per heavy atom. The van der Waals surface area contributed by atoms with E-state index in [1.54, 1.807) is 11.8 Å². The van der Waals surface area contributed by atoms with Crippen LogP contribution in [0.1, 0.15) is 33.6 Å². The summed E-state index contributed by atoms with van der Waals surface area (Å²) in [6, 6.07) is 0. The van der Waals surface area contributed by atoms with E-state index >= 15 is 0 Å². The minimum absolute atomic E-state index is 0.0100. The molecule has 5 nitrogen and oxygen atoms in total. The molecule has 0 aliphatic rings. The van der Waals surface area contributed by atoms with Crippen molar-refractivity contribution in [3.05, 3.63) is 0 Å². The highest BCUT2D eigenvalue weighted by Crippen LogP contribution is 1.94. The largest absolute Gasteiger partial charge is 0.343 e. The van der Waals surface area contributed by atoms with Gasteiger partial charge < -0.3 is 4.90 Å². The van der Waals surface area contributed by atoms with Gasteiger partial charge in [-0.3, -0.25) is 4.79 Å². The van der Waals surface area contributed by atoms with Gasteiger partial charge in [0.1, 0.15) is 0 Å². The lowest BCUT2D eigenvalue weighted by Crippen LogP contribution is -2.34. The molecule has 6 heteroatoms. The van der Waals surface area contributed by atoms with Gasteiger partial charge in [-0.15, -0.1) is 0 Å². The van der Waals surface area contributed by atoms with Crippen LogP contribution in [0.15, 0.2) is 0 Å². The zero-order valence-electron chi connectivity index (χ0n) is 10.3. The maximum absolute atomic E-state index is 11.5. The minimum Gasteiger partial charge on any atom is -0.343 e. The lowest BCUT2D eigenvalue weighted by molar-refractivity contribution is -0.130. The van der Waals surface area contributed by atoms with Gasteiger partial charge in [0, 0.05) is 26.1 Å². The van der Waals surface area contributed by atoms with Crippen molar-refractivity contribution in [3.63, 3.8) is 0 Å². The predicted octanol–water partition coefficient (Wildman–Crippen LogP) is 0.574. The molecule has 0 aromatic carbocycles. The molecule has 1 amide bonds. The molecule has 0 aromatic rings. The van der Waals surface area contributed by atoms with Gasteiger partial charge in [0.05, 0.1) is 5.75 Å². The lowest BCUT2D eigenvalue weighted by Gasteiger charge is -2.18. The van der Waals surface area contributed by atoms with Crippen LogP contribution in [-0.4, -0.2) is 44.6 Å². The van der Waals surface area contributed by atoms with Crippen molar-refractivity contribution in [2.45, 2.75) is 33.6 Å². The fraction of sp³-hybridized carbons (Fsp3) is 0.900. The second-order valence-corrected chi connectivity index (χ2v) is 5.46. The van der Waals surface area contributed by atoms with Crippen LogP contribution >= 0.6 is 0 Å². The average Bonchev–Trinajstić information content (AvgIpc) is 2.19. The number of hydrogen-bond donors (Lipinski definition) is 1. The van der Waals surface area contributed by atoms with E-state index in [1.165, 1.54) is 0 Å². The smallest absolute Gasteiger partial charge is 0.223 e. The highest BCUT2D eigenvalue weighted by molar-refractivity contribution is 7.89. The number of hydrogen-bond acceptors (Lipinski definition) is 3. The second kappa shape index (κ2) is 7.62.